The first-order valence-electron chi connectivity index (χ1n) is 9.63. The molecule has 1 aromatic carbocycles. The Balaban J connectivity index is 1.72. The molecule has 2 amide bonds. The molecule has 2 N–H and O–H groups in total. The summed E-state index contributed by atoms with van der Waals surface area (Å²) in [5.74, 6) is 0.677. The predicted octanol–water partition coefficient (Wildman–Crippen LogP) is 4.15. The van der Waals surface area contributed by atoms with E-state index in [-0.39, 0.29) is 11.6 Å². The van der Waals surface area contributed by atoms with Crippen molar-refractivity contribution in [3.8, 4) is 17.1 Å². The second-order valence-electron chi connectivity index (χ2n) is 7.15. The van der Waals surface area contributed by atoms with Gasteiger partial charge >= 0.3 is 0 Å². The number of nitrogens with one attached hydrogen (secondary N) is 2. The lowest BCUT2D eigenvalue weighted by Crippen LogP contribution is -2.45. The molecule has 0 saturated carbocycles. The van der Waals surface area contributed by atoms with Crippen molar-refractivity contribution in [3.05, 3.63) is 57.9 Å². The van der Waals surface area contributed by atoms with E-state index in [1.54, 1.807) is 30.3 Å². The number of halogens is 2. The molecule has 30 heavy (non-hydrogen) atoms. The Bertz CT molecular complexity index is 1110. The Hall–Kier alpha value is -2.77. The molecule has 1 atom stereocenters. The molecular weight excluding hydrogens is 427 g/mol. The minimum absolute atomic E-state index is 0.177. The van der Waals surface area contributed by atoms with E-state index in [0.717, 1.165) is 18.6 Å². The van der Waals surface area contributed by atoms with Gasteiger partial charge in [0.2, 0.25) is 5.91 Å². The number of furan rings is 1. The van der Waals surface area contributed by atoms with Crippen molar-refractivity contribution in [1.29, 1.82) is 0 Å². The van der Waals surface area contributed by atoms with Crippen LogP contribution >= 0.6 is 23.2 Å². The molecular formula is C21H20Cl2N4O3. The first-order chi connectivity index (χ1) is 14.4. The molecule has 1 aliphatic heterocycles. The molecule has 4 rings (SSSR count). The maximum atomic E-state index is 13.1. The summed E-state index contributed by atoms with van der Waals surface area (Å²) >= 11 is 12.2. The Morgan fingerprint density at radius 1 is 1.20 bits per heavy atom. The molecule has 2 aromatic heterocycles. The number of aryl methyl sites for hydroxylation is 1. The topological polar surface area (TPSA) is 89.2 Å². The van der Waals surface area contributed by atoms with Crippen molar-refractivity contribution in [1.82, 2.24) is 20.4 Å². The van der Waals surface area contributed by atoms with Crippen molar-refractivity contribution in [3.63, 3.8) is 0 Å². The Labute approximate surface area is 183 Å². The average molecular weight is 447 g/mol. The van der Waals surface area contributed by atoms with Gasteiger partial charge in [-0.1, -0.05) is 23.2 Å². The van der Waals surface area contributed by atoms with Crippen molar-refractivity contribution in [2.45, 2.75) is 32.2 Å². The maximum absolute atomic E-state index is 13.1. The normalized spacial score (nSPS) is 16.8. The molecule has 7 nitrogen and oxygen atoms in total. The Kier molecular flexibility index (Phi) is 5.83. The fraction of sp³-hybridized carbons (Fsp3) is 0.286. The molecule has 0 bridgehead atoms. The van der Waals surface area contributed by atoms with E-state index in [0.29, 0.717) is 40.2 Å². The van der Waals surface area contributed by atoms with Gasteiger partial charge in [-0.2, -0.15) is 5.10 Å². The van der Waals surface area contributed by atoms with Crippen LogP contribution in [-0.4, -0.2) is 34.2 Å². The molecule has 1 unspecified atom stereocenters. The van der Waals surface area contributed by atoms with E-state index < -0.39 is 11.9 Å². The van der Waals surface area contributed by atoms with Crippen LogP contribution in [0.1, 0.15) is 35.5 Å². The van der Waals surface area contributed by atoms with Gasteiger partial charge in [-0.15, -0.1) is 0 Å². The number of carbonyl (C=O) groups excluding carboxylic acids is 2. The summed E-state index contributed by atoms with van der Waals surface area (Å²) in [4.78, 5) is 25.4. The van der Waals surface area contributed by atoms with Crippen LogP contribution in [0.2, 0.25) is 10.0 Å². The number of hydrogen-bond donors (Lipinski definition) is 2. The number of aromatic nitrogens is 2. The zero-order valence-corrected chi connectivity index (χ0v) is 17.8. The van der Waals surface area contributed by atoms with Crippen molar-refractivity contribution in [2.24, 2.45) is 0 Å². The third kappa shape index (κ3) is 4.22. The van der Waals surface area contributed by atoms with E-state index in [2.05, 4.69) is 15.7 Å². The van der Waals surface area contributed by atoms with Gasteiger partial charge in [0.1, 0.15) is 23.2 Å². The minimum Gasteiger partial charge on any atom is -0.460 e. The lowest BCUT2D eigenvalue weighted by Gasteiger charge is -2.15. The van der Waals surface area contributed by atoms with Crippen LogP contribution in [-0.2, 0) is 4.79 Å². The smallest absolute Gasteiger partial charge is 0.270 e. The summed E-state index contributed by atoms with van der Waals surface area (Å²) in [6, 6.07) is 9.63. The summed E-state index contributed by atoms with van der Waals surface area (Å²) < 4.78 is 7.13. The molecule has 0 spiro atoms. The second-order valence-corrected chi connectivity index (χ2v) is 7.96. The van der Waals surface area contributed by atoms with Gasteiger partial charge in [0.15, 0.2) is 5.76 Å². The van der Waals surface area contributed by atoms with Crippen LogP contribution in [0, 0.1) is 6.92 Å². The fourth-order valence-electron chi connectivity index (χ4n) is 3.36. The molecule has 0 aliphatic carbocycles. The van der Waals surface area contributed by atoms with Gasteiger partial charge in [-0.3, -0.25) is 9.59 Å². The molecule has 156 valence electrons. The summed E-state index contributed by atoms with van der Waals surface area (Å²) in [6.45, 7) is 2.45. The molecule has 1 saturated heterocycles. The van der Waals surface area contributed by atoms with E-state index in [4.69, 9.17) is 27.6 Å². The molecule has 9 heteroatoms. The van der Waals surface area contributed by atoms with E-state index in [1.165, 1.54) is 4.68 Å². The van der Waals surface area contributed by atoms with Gasteiger partial charge in [-0.25, -0.2) is 4.68 Å². The van der Waals surface area contributed by atoms with Crippen LogP contribution in [0.4, 0.5) is 0 Å². The highest BCUT2D eigenvalue weighted by Crippen LogP contribution is 2.28. The highest BCUT2D eigenvalue weighted by molar-refractivity contribution is 6.42. The number of nitrogens with zero attached hydrogens (tertiary/aromatic N) is 2. The zero-order valence-electron chi connectivity index (χ0n) is 16.2. The van der Waals surface area contributed by atoms with Crippen LogP contribution < -0.4 is 10.6 Å². The van der Waals surface area contributed by atoms with Crippen LogP contribution in [0.25, 0.3) is 17.1 Å². The van der Waals surface area contributed by atoms with E-state index >= 15 is 0 Å². The van der Waals surface area contributed by atoms with Gasteiger partial charge in [-0.05, 0) is 56.5 Å². The van der Waals surface area contributed by atoms with Gasteiger partial charge in [0.05, 0.1) is 15.7 Å². The SMILES string of the molecule is Cc1ccc(-c2cc(C(=O)NC3CCCCNC3=O)n(-c3ccc(Cl)c(Cl)c3)n2)o1. The predicted molar refractivity (Wildman–Crippen MR) is 114 cm³/mol. The number of hydrogen-bond acceptors (Lipinski definition) is 4. The standard InChI is InChI=1S/C21H20Cl2N4O3/c1-12-5-8-19(30-12)17-11-18(21(29)25-16-4-2-3-9-24-20(16)28)27(26-17)13-6-7-14(22)15(23)10-13/h5-8,10-11,16H,2-4,9H2,1H3,(H,24,28)(H,25,29). The molecule has 3 aromatic rings. The lowest BCUT2D eigenvalue weighted by atomic mass is 10.1. The number of benzene rings is 1. The molecule has 1 fully saturated rings. The summed E-state index contributed by atoms with van der Waals surface area (Å²) in [5, 5.41) is 10.9. The Morgan fingerprint density at radius 3 is 2.77 bits per heavy atom. The average Bonchev–Trinajstić information content (AvgIpc) is 3.30. The van der Waals surface area contributed by atoms with Gasteiger partial charge < -0.3 is 15.1 Å². The van der Waals surface area contributed by atoms with Crippen LogP contribution in [0.3, 0.4) is 0 Å². The summed E-state index contributed by atoms with van der Waals surface area (Å²) in [6.07, 6.45) is 2.33. The Morgan fingerprint density at radius 2 is 2.03 bits per heavy atom. The van der Waals surface area contributed by atoms with Crippen molar-refractivity contribution >= 4 is 35.0 Å². The number of amides is 2. The van der Waals surface area contributed by atoms with Crippen molar-refractivity contribution in [2.75, 3.05) is 6.54 Å². The van der Waals surface area contributed by atoms with E-state index in [9.17, 15) is 9.59 Å². The van der Waals surface area contributed by atoms with Crippen LogP contribution in [0.5, 0.6) is 0 Å². The monoisotopic (exact) mass is 446 g/mol. The number of rotatable bonds is 4. The van der Waals surface area contributed by atoms with Gasteiger partial charge in [0, 0.05) is 12.6 Å². The summed E-state index contributed by atoms with van der Waals surface area (Å²) in [7, 11) is 0. The lowest BCUT2D eigenvalue weighted by molar-refractivity contribution is -0.122. The van der Waals surface area contributed by atoms with E-state index in [1.807, 2.05) is 13.0 Å². The maximum Gasteiger partial charge on any atom is 0.270 e. The third-order valence-corrected chi connectivity index (χ3v) is 5.66. The molecule has 0 radical (unpaired) electrons. The quantitative estimate of drug-likeness (QED) is 0.629. The largest absolute Gasteiger partial charge is 0.460 e. The van der Waals surface area contributed by atoms with Crippen molar-refractivity contribution < 1.29 is 14.0 Å². The fourth-order valence-corrected chi connectivity index (χ4v) is 3.65. The highest BCUT2D eigenvalue weighted by Gasteiger charge is 2.26. The molecule has 3 heterocycles. The summed E-state index contributed by atoms with van der Waals surface area (Å²) in [5.41, 5.74) is 1.31. The van der Waals surface area contributed by atoms with Gasteiger partial charge in [0.25, 0.3) is 5.91 Å². The number of carbonyl (C=O) groups is 2. The zero-order chi connectivity index (χ0) is 21.3. The minimum atomic E-state index is -0.591. The third-order valence-electron chi connectivity index (χ3n) is 4.92. The molecule has 1 aliphatic rings. The van der Waals surface area contributed by atoms with Crippen LogP contribution in [0.15, 0.2) is 40.8 Å². The highest BCUT2D eigenvalue weighted by atomic mass is 35.5. The first-order valence-corrected chi connectivity index (χ1v) is 10.4. The second kappa shape index (κ2) is 8.53. The first kappa shape index (κ1) is 20.5.